The number of carbonyl (C=O) groups excluding carboxylic acids is 2. The van der Waals surface area contributed by atoms with E-state index in [1.165, 1.54) is 199 Å². The molecule has 0 aromatic carbocycles. The van der Waals surface area contributed by atoms with Crippen LogP contribution in [0.5, 0.6) is 0 Å². The summed E-state index contributed by atoms with van der Waals surface area (Å²) >= 11 is 0. The van der Waals surface area contributed by atoms with Gasteiger partial charge in [-0.25, -0.2) is 0 Å². The van der Waals surface area contributed by atoms with Gasteiger partial charge in [0, 0.05) is 19.4 Å². The van der Waals surface area contributed by atoms with Gasteiger partial charge in [-0.2, -0.15) is 0 Å². The Bertz CT molecular complexity index is 970. The highest BCUT2D eigenvalue weighted by Gasteiger charge is 2.16. The highest BCUT2D eigenvalue weighted by atomic mass is 16.6. The molecule has 5 heteroatoms. The van der Waals surface area contributed by atoms with E-state index in [1.54, 1.807) is 0 Å². The molecule has 0 saturated heterocycles. The second-order valence-electron chi connectivity index (χ2n) is 18.1. The highest BCUT2D eigenvalue weighted by molar-refractivity contribution is 5.69. The van der Waals surface area contributed by atoms with Crippen LogP contribution in [0.1, 0.15) is 284 Å². The van der Waals surface area contributed by atoms with Gasteiger partial charge in [-0.1, -0.05) is 256 Å². The molecule has 0 aliphatic carbocycles. The van der Waals surface area contributed by atoms with E-state index in [4.69, 9.17) is 14.2 Å². The predicted octanol–water partition coefficient (Wildman–Crippen LogP) is 18.2. The summed E-state index contributed by atoms with van der Waals surface area (Å²) in [4.78, 5) is 25.2. The van der Waals surface area contributed by atoms with Crippen LogP contribution in [0.25, 0.3) is 0 Å². The third-order valence-electron chi connectivity index (χ3n) is 12.0. The highest BCUT2D eigenvalue weighted by Crippen LogP contribution is 2.16. The van der Waals surface area contributed by atoms with Crippen LogP contribution in [0.15, 0.2) is 36.5 Å². The first-order valence-corrected chi connectivity index (χ1v) is 27.0. The fourth-order valence-electron chi connectivity index (χ4n) is 7.86. The molecule has 0 aromatic rings. The van der Waals surface area contributed by atoms with Gasteiger partial charge in [-0.15, -0.1) is 0 Å². The van der Waals surface area contributed by atoms with Crippen molar-refractivity contribution in [2.45, 2.75) is 290 Å². The number of ether oxygens (including phenoxy) is 3. The van der Waals surface area contributed by atoms with E-state index in [-0.39, 0.29) is 25.2 Å². The van der Waals surface area contributed by atoms with Crippen molar-refractivity contribution in [2.75, 3.05) is 19.8 Å². The monoisotopic (exact) mass is 857 g/mol. The van der Waals surface area contributed by atoms with Crippen molar-refractivity contribution in [3.05, 3.63) is 36.5 Å². The largest absolute Gasteiger partial charge is 0.463 e. The molecule has 0 amide bonds. The minimum atomic E-state index is -0.414. The predicted molar refractivity (Wildman–Crippen MR) is 265 cm³/mol. The number of unbranched alkanes of at least 4 members (excludes halogenated alkanes) is 33. The molecule has 0 aromatic heterocycles. The first kappa shape index (κ1) is 59.1. The van der Waals surface area contributed by atoms with Gasteiger partial charge >= 0.3 is 11.9 Å². The summed E-state index contributed by atoms with van der Waals surface area (Å²) in [7, 11) is 0. The Morgan fingerprint density at radius 1 is 0.344 bits per heavy atom. The molecule has 0 heterocycles. The molecule has 0 spiro atoms. The molecule has 1 atom stereocenters. The van der Waals surface area contributed by atoms with Gasteiger partial charge in [0.25, 0.3) is 0 Å². The second-order valence-corrected chi connectivity index (χ2v) is 18.1. The number of esters is 2. The van der Waals surface area contributed by atoms with Crippen molar-refractivity contribution in [1.82, 2.24) is 0 Å². The van der Waals surface area contributed by atoms with Gasteiger partial charge in [0.2, 0.25) is 0 Å². The fourth-order valence-corrected chi connectivity index (χ4v) is 7.86. The molecule has 0 N–H and O–H groups in total. The van der Waals surface area contributed by atoms with Gasteiger partial charge < -0.3 is 14.2 Å². The summed E-state index contributed by atoms with van der Waals surface area (Å²) in [6.45, 7) is 7.71. The van der Waals surface area contributed by atoms with Crippen molar-refractivity contribution in [2.24, 2.45) is 0 Å². The normalized spacial score (nSPS) is 12.4. The molecule has 0 saturated carbocycles. The molecule has 0 radical (unpaired) electrons. The van der Waals surface area contributed by atoms with Crippen LogP contribution in [0, 0.1) is 0 Å². The van der Waals surface area contributed by atoms with E-state index in [9.17, 15) is 9.59 Å². The zero-order valence-corrected chi connectivity index (χ0v) is 41.2. The van der Waals surface area contributed by atoms with Gasteiger partial charge in [0.15, 0.2) is 0 Å². The number of hydrogen-bond acceptors (Lipinski definition) is 5. The minimum absolute atomic E-state index is 0.137. The van der Waals surface area contributed by atoms with Crippen LogP contribution in [-0.2, 0) is 23.8 Å². The smallest absolute Gasteiger partial charge is 0.305 e. The van der Waals surface area contributed by atoms with Gasteiger partial charge in [-0.3, -0.25) is 9.59 Å². The SMILES string of the molecule is CCCCCCCC/C=C\C/C=C\C/C=C\CCCC(=O)OC[C@H](COC(=O)CCCCCCCCCCCCCC)OCCCCCCCCCCCCCCCCCC. The van der Waals surface area contributed by atoms with Crippen LogP contribution >= 0.6 is 0 Å². The lowest BCUT2D eigenvalue weighted by atomic mass is 10.0. The Labute approximate surface area is 380 Å². The summed E-state index contributed by atoms with van der Waals surface area (Å²) in [6, 6.07) is 0. The first-order valence-electron chi connectivity index (χ1n) is 27.0. The van der Waals surface area contributed by atoms with Crippen molar-refractivity contribution >= 4 is 11.9 Å². The third-order valence-corrected chi connectivity index (χ3v) is 12.0. The molecule has 0 rings (SSSR count). The lowest BCUT2D eigenvalue weighted by molar-refractivity contribution is -0.155. The lowest BCUT2D eigenvalue weighted by Gasteiger charge is -2.18. The maximum Gasteiger partial charge on any atom is 0.305 e. The first-order chi connectivity index (χ1) is 30.1. The third kappa shape index (κ3) is 50.6. The Balaban J connectivity index is 4.29. The Morgan fingerprint density at radius 2 is 0.639 bits per heavy atom. The molecule has 0 aliphatic rings. The number of hydrogen-bond donors (Lipinski definition) is 0. The van der Waals surface area contributed by atoms with Gasteiger partial charge in [0.05, 0.1) is 0 Å². The zero-order valence-electron chi connectivity index (χ0n) is 41.2. The molecule has 0 bridgehead atoms. The van der Waals surface area contributed by atoms with E-state index < -0.39 is 6.10 Å². The van der Waals surface area contributed by atoms with Gasteiger partial charge in [-0.05, 0) is 51.4 Å². The van der Waals surface area contributed by atoms with Crippen molar-refractivity contribution in [3.8, 4) is 0 Å². The molecular formula is C56H104O5. The quantitative estimate of drug-likeness (QED) is 0.0346. The molecule has 0 fully saturated rings. The number of rotatable bonds is 50. The lowest BCUT2D eigenvalue weighted by Crippen LogP contribution is -2.29. The summed E-state index contributed by atoms with van der Waals surface area (Å²) in [5, 5.41) is 0. The van der Waals surface area contributed by atoms with E-state index in [0.29, 0.717) is 19.4 Å². The second kappa shape index (κ2) is 52.5. The summed E-state index contributed by atoms with van der Waals surface area (Å²) < 4.78 is 17.4. The van der Waals surface area contributed by atoms with Crippen LogP contribution in [0.2, 0.25) is 0 Å². The summed E-state index contributed by atoms with van der Waals surface area (Å²) in [5.74, 6) is -0.379. The maximum absolute atomic E-state index is 12.6. The maximum atomic E-state index is 12.6. The van der Waals surface area contributed by atoms with Crippen molar-refractivity contribution in [3.63, 3.8) is 0 Å². The Kier molecular flexibility index (Phi) is 50.8. The minimum Gasteiger partial charge on any atom is -0.463 e. The molecule has 358 valence electrons. The average molecular weight is 857 g/mol. The van der Waals surface area contributed by atoms with E-state index >= 15 is 0 Å². The molecule has 0 unspecified atom stereocenters. The molecular weight excluding hydrogens is 753 g/mol. The summed E-state index contributed by atoms with van der Waals surface area (Å²) in [6.07, 6.45) is 63.2. The zero-order chi connectivity index (χ0) is 44.2. The Hall–Kier alpha value is -1.88. The summed E-state index contributed by atoms with van der Waals surface area (Å²) in [5.41, 5.74) is 0. The van der Waals surface area contributed by atoms with E-state index in [1.807, 2.05) is 0 Å². The van der Waals surface area contributed by atoms with Crippen LogP contribution < -0.4 is 0 Å². The fraction of sp³-hybridized carbons (Fsp3) is 0.857. The van der Waals surface area contributed by atoms with Crippen LogP contribution in [-0.4, -0.2) is 37.9 Å². The molecule has 5 nitrogen and oxygen atoms in total. The van der Waals surface area contributed by atoms with Gasteiger partial charge in [0.1, 0.15) is 19.3 Å². The molecule has 0 aliphatic heterocycles. The molecule has 61 heavy (non-hydrogen) atoms. The topological polar surface area (TPSA) is 61.8 Å². The van der Waals surface area contributed by atoms with Crippen LogP contribution in [0.3, 0.4) is 0 Å². The van der Waals surface area contributed by atoms with E-state index in [2.05, 4.69) is 57.2 Å². The Morgan fingerprint density at radius 3 is 1.03 bits per heavy atom. The van der Waals surface area contributed by atoms with E-state index in [0.717, 1.165) is 51.4 Å². The number of carbonyl (C=O) groups is 2. The van der Waals surface area contributed by atoms with Crippen LogP contribution in [0.4, 0.5) is 0 Å². The standard InChI is InChI=1S/C56H104O5/c1-4-7-10-13-16-19-22-25-27-29-30-32-35-38-41-44-47-50-56(58)61-53-54(52-60-55(57)49-46-43-40-37-34-24-21-18-15-12-9-6-3)59-51-48-45-42-39-36-33-31-28-26-23-20-17-14-11-8-5-2/h25,27,30,32,38,41,54H,4-24,26,28-29,31,33-37,39-40,42-53H2,1-3H3/b27-25-,32-30-,41-38-/t54-/m0/s1. The van der Waals surface area contributed by atoms with Crippen molar-refractivity contribution in [1.29, 1.82) is 0 Å². The number of allylic oxidation sites excluding steroid dienone is 6. The van der Waals surface area contributed by atoms with Crippen molar-refractivity contribution < 1.29 is 23.8 Å². The average Bonchev–Trinajstić information content (AvgIpc) is 3.26.